The molecule has 1 unspecified atom stereocenters. The molecule has 0 fully saturated rings. The molecule has 0 spiro atoms. The monoisotopic (exact) mass is 249 g/mol. The van der Waals surface area contributed by atoms with Crippen LogP contribution in [0.1, 0.15) is 51.0 Å². The van der Waals surface area contributed by atoms with Gasteiger partial charge in [0.15, 0.2) is 0 Å². The molecule has 17 heavy (non-hydrogen) atoms. The lowest BCUT2D eigenvalue weighted by Crippen LogP contribution is -2.13. The van der Waals surface area contributed by atoms with Crippen LogP contribution in [0.5, 0.6) is 0 Å². The Morgan fingerprint density at radius 1 is 0.941 bits per heavy atom. The highest BCUT2D eigenvalue weighted by molar-refractivity contribution is 6.49. The van der Waals surface area contributed by atoms with Crippen molar-refractivity contribution in [1.29, 1.82) is 0 Å². The molecule has 1 radical (unpaired) electrons. The Balaban J connectivity index is 2.03. The van der Waals surface area contributed by atoms with Crippen molar-refractivity contribution in [1.82, 2.24) is 0 Å². The standard InChI is InChI=1S/C15H25OSi/c1-2-3-4-5-6-10-13-17(16)14-15-11-8-7-9-12-15/h7-9,11-12,17H,2-6,10,13-14H2,1H3. The molecule has 0 saturated carbocycles. The summed E-state index contributed by atoms with van der Waals surface area (Å²) in [6.07, 6.45) is 7.74. The van der Waals surface area contributed by atoms with Crippen LogP contribution in [0.2, 0.25) is 6.04 Å². The van der Waals surface area contributed by atoms with E-state index < -0.39 is 9.04 Å². The first-order valence-corrected chi connectivity index (χ1v) is 9.13. The van der Waals surface area contributed by atoms with Gasteiger partial charge < -0.3 is 4.80 Å². The first kappa shape index (κ1) is 14.5. The second-order valence-corrected chi connectivity index (χ2v) is 7.10. The molecule has 0 N–H and O–H groups in total. The molecular weight excluding hydrogens is 224 g/mol. The fraction of sp³-hybridized carbons (Fsp3) is 0.600. The van der Waals surface area contributed by atoms with Crippen molar-refractivity contribution < 1.29 is 4.80 Å². The van der Waals surface area contributed by atoms with Gasteiger partial charge in [-0.05, 0) is 17.7 Å². The van der Waals surface area contributed by atoms with E-state index >= 15 is 0 Å². The van der Waals surface area contributed by atoms with Crippen LogP contribution in [-0.4, -0.2) is 9.04 Å². The van der Waals surface area contributed by atoms with Gasteiger partial charge in [0.05, 0.1) is 0 Å². The van der Waals surface area contributed by atoms with E-state index in [1.807, 2.05) is 18.2 Å². The highest BCUT2D eigenvalue weighted by atomic mass is 28.3. The molecule has 95 valence electrons. The van der Waals surface area contributed by atoms with Gasteiger partial charge in [-0.2, -0.15) is 0 Å². The van der Waals surface area contributed by atoms with Crippen LogP contribution < -0.4 is 0 Å². The Morgan fingerprint density at radius 3 is 2.29 bits per heavy atom. The molecule has 1 nitrogen and oxygen atoms in total. The summed E-state index contributed by atoms with van der Waals surface area (Å²) in [5, 5.41) is 0. The molecule has 0 amide bonds. The molecule has 0 aliphatic carbocycles. The first-order valence-electron chi connectivity index (χ1n) is 7.02. The van der Waals surface area contributed by atoms with Crippen LogP contribution >= 0.6 is 0 Å². The van der Waals surface area contributed by atoms with Gasteiger partial charge in [-0.1, -0.05) is 75.8 Å². The van der Waals surface area contributed by atoms with E-state index in [0.717, 1.165) is 18.5 Å². The van der Waals surface area contributed by atoms with Crippen molar-refractivity contribution in [3.63, 3.8) is 0 Å². The molecule has 1 rings (SSSR count). The summed E-state index contributed by atoms with van der Waals surface area (Å²) in [6.45, 7) is 2.24. The lowest BCUT2D eigenvalue weighted by molar-refractivity contribution is 0.439. The molecule has 0 heterocycles. The van der Waals surface area contributed by atoms with Gasteiger partial charge in [0, 0.05) is 0 Å². The quantitative estimate of drug-likeness (QED) is 0.460. The smallest absolute Gasteiger partial charge is 0.226 e. The van der Waals surface area contributed by atoms with Gasteiger partial charge in [0.25, 0.3) is 0 Å². The molecule has 0 aliphatic rings. The Labute approximate surface area is 108 Å². The first-order chi connectivity index (χ1) is 8.33. The third-order valence-electron chi connectivity index (χ3n) is 3.19. The molecule has 1 aromatic carbocycles. The SMILES string of the molecule is CCCCCCCC[SiH]([O])Cc1ccccc1. The summed E-state index contributed by atoms with van der Waals surface area (Å²) in [5.41, 5.74) is 1.24. The molecule has 1 aromatic rings. The lowest BCUT2D eigenvalue weighted by Gasteiger charge is -2.06. The second kappa shape index (κ2) is 9.43. The van der Waals surface area contributed by atoms with Crippen LogP contribution in [-0.2, 0) is 10.8 Å². The van der Waals surface area contributed by atoms with Gasteiger partial charge in [0.2, 0.25) is 9.04 Å². The predicted molar refractivity (Wildman–Crippen MR) is 76.2 cm³/mol. The lowest BCUT2D eigenvalue weighted by atomic mass is 10.1. The summed E-state index contributed by atoms with van der Waals surface area (Å²) < 4.78 is 0. The van der Waals surface area contributed by atoms with Gasteiger partial charge in [-0.25, -0.2) is 0 Å². The van der Waals surface area contributed by atoms with Crippen LogP contribution in [0.25, 0.3) is 0 Å². The molecule has 2 heteroatoms. The molecular formula is C15H25OSi. The summed E-state index contributed by atoms with van der Waals surface area (Å²) in [5.74, 6) is 0. The Hall–Kier alpha value is -0.603. The van der Waals surface area contributed by atoms with Crippen molar-refractivity contribution in [2.24, 2.45) is 0 Å². The fourth-order valence-corrected chi connectivity index (χ4v) is 3.88. The zero-order chi connectivity index (χ0) is 12.3. The molecule has 1 atom stereocenters. The molecule has 0 saturated heterocycles. The number of unbranched alkanes of at least 4 members (excludes halogenated alkanes) is 5. The number of hydrogen-bond acceptors (Lipinski definition) is 0. The van der Waals surface area contributed by atoms with Crippen LogP contribution in [0.3, 0.4) is 0 Å². The van der Waals surface area contributed by atoms with Gasteiger partial charge in [-0.3, -0.25) is 0 Å². The van der Waals surface area contributed by atoms with E-state index in [4.69, 9.17) is 0 Å². The largest absolute Gasteiger partial charge is 0.301 e. The van der Waals surface area contributed by atoms with E-state index in [9.17, 15) is 4.80 Å². The van der Waals surface area contributed by atoms with Crippen molar-refractivity contribution in [3.8, 4) is 0 Å². The Bertz CT molecular complexity index is 274. The maximum atomic E-state index is 11.9. The fourth-order valence-electron chi connectivity index (χ4n) is 2.13. The normalized spacial score (nSPS) is 12.6. The van der Waals surface area contributed by atoms with Crippen molar-refractivity contribution in [2.45, 2.75) is 57.5 Å². The third-order valence-corrected chi connectivity index (χ3v) is 5.16. The zero-order valence-corrected chi connectivity index (χ0v) is 12.2. The van der Waals surface area contributed by atoms with E-state index in [0.29, 0.717) is 0 Å². The Kier molecular flexibility index (Phi) is 8.02. The van der Waals surface area contributed by atoms with Crippen LogP contribution in [0.4, 0.5) is 0 Å². The summed E-state index contributed by atoms with van der Waals surface area (Å²) in [4.78, 5) is 11.9. The summed E-state index contributed by atoms with van der Waals surface area (Å²) in [7, 11) is -1.74. The average molecular weight is 249 g/mol. The van der Waals surface area contributed by atoms with E-state index in [1.165, 1.54) is 37.7 Å². The van der Waals surface area contributed by atoms with Gasteiger partial charge >= 0.3 is 0 Å². The summed E-state index contributed by atoms with van der Waals surface area (Å²) in [6, 6.07) is 12.0. The predicted octanol–water partition coefficient (Wildman–Crippen LogP) is 4.28. The molecule has 0 aliphatic heterocycles. The maximum absolute atomic E-state index is 11.9. The second-order valence-electron chi connectivity index (χ2n) is 4.87. The van der Waals surface area contributed by atoms with Gasteiger partial charge in [-0.15, -0.1) is 0 Å². The number of hydrogen-bond donors (Lipinski definition) is 0. The Morgan fingerprint density at radius 2 is 1.59 bits per heavy atom. The third kappa shape index (κ3) is 7.34. The van der Waals surface area contributed by atoms with Crippen molar-refractivity contribution >= 4 is 9.04 Å². The zero-order valence-electron chi connectivity index (χ0n) is 11.0. The average Bonchev–Trinajstić information content (AvgIpc) is 2.35. The van der Waals surface area contributed by atoms with E-state index in [2.05, 4.69) is 19.1 Å². The highest BCUT2D eigenvalue weighted by Gasteiger charge is 2.09. The summed E-state index contributed by atoms with van der Waals surface area (Å²) >= 11 is 0. The number of rotatable bonds is 9. The minimum Gasteiger partial charge on any atom is -0.301 e. The van der Waals surface area contributed by atoms with E-state index in [-0.39, 0.29) is 0 Å². The highest BCUT2D eigenvalue weighted by Crippen LogP contribution is 2.11. The molecule has 0 aromatic heterocycles. The van der Waals surface area contributed by atoms with Crippen molar-refractivity contribution in [2.75, 3.05) is 0 Å². The minimum atomic E-state index is -1.74. The van der Waals surface area contributed by atoms with Gasteiger partial charge in [0.1, 0.15) is 0 Å². The van der Waals surface area contributed by atoms with E-state index in [1.54, 1.807) is 0 Å². The topological polar surface area (TPSA) is 19.9 Å². The van der Waals surface area contributed by atoms with Crippen LogP contribution in [0.15, 0.2) is 30.3 Å². The number of benzene rings is 1. The van der Waals surface area contributed by atoms with Crippen molar-refractivity contribution in [3.05, 3.63) is 35.9 Å². The maximum Gasteiger partial charge on any atom is 0.226 e. The minimum absolute atomic E-state index is 0.829. The molecule has 0 bridgehead atoms. The van der Waals surface area contributed by atoms with Crippen LogP contribution in [0, 0.1) is 0 Å².